The molecule has 0 aliphatic carbocycles. The fourth-order valence-corrected chi connectivity index (χ4v) is 1.67. The quantitative estimate of drug-likeness (QED) is 0.660. The smallest absolute Gasteiger partial charge is 0.0512 e. The summed E-state index contributed by atoms with van der Waals surface area (Å²) in [6.07, 6.45) is 4.65. The molecule has 1 N–H and O–H groups in total. The van der Waals surface area contributed by atoms with Crippen LogP contribution in [0.15, 0.2) is 0 Å². The Hall–Kier alpha value is -0.0400. The zero-order valence-electron chi connectivity index (χ0n) is 12.6. The summed E-state index contributed by atoms with van der Waals surface area (Å²) < 4.78 is 0. The Bertz CT molecular complexity index is 113. The van der Waals surface area contributed by atoms with Gasteiger partial charge >= 0.3 is 0 Å². The van der Waals surface area contributed by atoms with Crippen molar-refractivity contribution in [3.63, 3.8) is 0 Å². The fraction of sp³-hybridized carbons (Fsp3) is 1.00. The SMILES string of the molecule is CC.CC(C)CCC(C)C(C)CCC(C)O. The molecular formula is C15H34O. The first-order valence-corrected chi connectivity index (χ1v) is 7.11. The third-order valence-electron chi connectivity index (χ3n) is 3.21. The first-order valence-electron chi connectivity index (χ1n) is 7.11. The molecule has 0 heterocycles. The minimum absolute atomic E-state index is 0.130. The first kappa shape index (κ1) is 18.3. The van der Waals surface area contributed by atoms with Crippen molar-refractivity contribution in [2.75, 3.05) is 0 Å². The Labute approximate surface area is 104 Å². The summed E-state index contributed by atoms with van der Waals surface area (Å²) >= 11 is 0. The molecule has 0 aliphatic heterocycles. The highest BCUT2D eigenvalue weighted by Gasteiger charge is 2.13. The molecule has 0 spiro atoms. The maximum absolute atomic E-state index is 9.20. The number of hydrogen-bond acceptors (Lipinski definition) is 1. The largest absolute Gasteiger partial charge is 0.393 e. The maximum atomic E-state index is 9.20. The van der Waals surface area contributed by atoms with Crippen LogP contribution < -0.4 is 0 Å². The summed E-state index contributed by atoms with van der Waals surface area (Å²) in [5, 5.41) is 9.20. The van der Waals surface area contributed by atoms with Crippen LogP contribution in [0.4, 0.5) is 0 Å². The van der Waals surface area contributed by atoms with Crippen molar-refractivity contribution in [2.24, 2.45) is 17.8 Å². The van der Waals surface area contributed by atoms with Crippen molar-refractivity contribution in [2.45, 2.75) is 80.3 Å². The van der Waals surface area contributed by atoms with E-state index in [1.165, 1.54) is 12.8 Å². The van der Waals surface area contributed by atoms with E-state index in [4.69, 9.17) is 0 Å². The lowest BCUT2D eigenvalue weighted by molar-refractivity contribution is 0.166. The Morgan fingerprint density at radius 3 is 1.38 bits per heavy atom. The second kappa shape index (κ2) is 11.4. The highest BCUT2D eigenvalue weighted by atomic mass is 16.3. The molecule has 0 amide bonds. The molecule has 1 heteroatoms. The van der Waals surface area contributed by atoms with Gasteiger partial charge in [-0.3, -0.25) is 0 Å². The van der Waals surface area contributed by atoms with E-state index in [2.05, 4.69) is 27.7 Å². The van der Waals surface area contributed by atoms with Crippen molar-refractivity contribution in [1.82, 2.24) is 0 Å². The molecule has 0 saturated heterocycles. The molecule has 0 rings (SSSR count). The third kappa shape index (κ3) is 12.0. The van der Waals surface area contributed by atoms with E-state index in [1.54, 1.807) is 0 Å². The van der Waals surface area contributed by atoms with Gasteiger partial charge in [-0.15, -0.1) is 0 Å². The van der Waals surface area contributed by atoms with Gasteiger partial charge in [-0.25, -0.2) is 0 Å². The van der Waals surface area contributed by atoms with Crippen LogP contribution in [0, 0.1) is 17.8 Å². The predicted octanol–water partition coefficient (Wildman–Crippen LogP) is 4.88. The molecular weight excluding hydrogens is 196 g/mol. The molecule has 3 unspecified atom stereocenters. The van der Waals surface area contributed by atoms with Gasteiger partial charge in [-0.05, 0) is 37.5 Å². The van der Waals surface area contributed by atoms with E-state index >= 15 is 0 Å². The van der Waals surface area contributed by atoms with Crippen LogP contribution in [0.5, 0.6) is 0 Å². The van der Waals surface area contributed by atoms with E-state index in [0.29, 0.717) is 0 Å². The summed E-state index contributed by atoms with van der Waals surface area (Å²) in [5.41, 5.74) is 0. The van der Waals surface area contributed by atoms with Gasteiger partial charge in [0.05, 0.1) is 6.10 Å². The lowest BCUT2D eigenvalue weighted by Crippen LogP contribution is -2.12. The highest BCUT2D eigenvalue weighted by Crippen LogP contribution is 2.23. The lowest BCUT2D eigenvalue weighted by atomic mass is 9.86. The van der Waals surface area contributed by atoms with Crippen molar-refractivity contribution in [1.29, 1.82) is 0 Å². The number of aliphatic hydroxyl groups excluding tert-OH is 1. The number of hydrogen-bond donors (Lipinski definition) is 1. The second-order valence-corrected chi connectivity index (χ2v) is 5.35. The molecule has 0 aliphatic rings. The Morgan fingerprint density at radius 1 is 0.688 bits per heavy atom. The predicted molar refractivity (Wildman–Crippen MR) is 74.7 cm³/mol. The van der Waals surface area contributed by atoms with Crippen molar-refractivity contribution in [3.05, 3.63) is 0 Å². The van der Waals surface area contributed by atoms with Crippen molar-refractivity contribution < 1.29 is 5.11 Å². The molecule has 0 fully saturated rings. The summed E-state index contributed by atoms with van der Waals surface area (Å²) in [4.78, 5) is 0. The average Bonchev–Trinajstić information content (AvgIpc) is 2.25. The fourth-order valence-electron chi connectivity index (χ4n) is 1.67. The molecule has 0 bridgehead atoms. The van der Waals surface area contributed by atoms with E-state index in [9.17, 15) is 5.11 Å². The van der Waals surface area contributed by atoms with Crippen LogP contribution >= 0.6 is 0 Å². The highest BCUT2D eigenvalue weighted by molar-refractivity contribution is 4.64. The molecule has 0 aromatic carbocycles. The van der Waals surface area contributed by atoms with Crippen LogP contribution in [0.2, 0.25) is 0 Å². The molecule has 16 heavy (non-hydrogen) atoms. The van der Waals surface area contributed by atoms with E-state index in [0.717, 1.165) is 30.6 Å². The standard InChI is InChI=1S/C13H28O.C2H6/c1-10(2)6-7-11(3)12(4)8-9-13(5)14;1-2/h10-14H,6-9H2,1-5H3;1-2H3. The van der Waals surface area contributed by atoms with Crippen molar-refractivity contribution in [3.8, 4) is 0 Å². The van der Waals surface area contributed by atoms with Crippen molar-refractivity contribution >= 4 is 0 Å². The van der Waals surface area contributed by atoms with Gasteiger partial charge in [0.25, 0.3) is 0 Å². The van der Waals surface area contributed by atoms with Crippen LogP contribution in [-0.2, 0) is 0 Å². The Balaban J connectivity index is 0. The van der Waals surface area contributed by atoms with E-state index < -0.39 is 0 Å². The summed E-state index contributed by atoms with van der Waals surface area (Å²) in [5.74, 6) is 2.38. The molecule has 0 aromatic heterocycles. The zero-order valence-corrected chi connectivity index (χ0v) is 12.6. The summed E-state index contributed by atoms with van der Waals surface area (Å²) in [6.45, 7) is 15.1. The number of rotatable bonds is 7. The third-order valence-corrected chi connectivity index (χ3v) is 3.21. The van der Waals surface area contributed by atoms with Crippen LogP contribution in [0.3, 0.4) is 0 Å². The van der Waals surface area contributed by atoms with Gasteiger partial charge in [0.2, 0.25) is 0 Å². The molecule has 1 nitrogen and oxygen atoms in total. The minimum atomic E-state index is -0.130. The maximum Gasteiger partial charge on any atom is 0.0512 e. The van der Waals surface area contributed by atoms with Gasteiger partial charge in [-0.2, -0.15) is 0 Å². The van der Waals surface area contributed by atoms with Crippen LogP contribution in [0.25, 0.3) is 0 Å². The molecule has 0 aromatic rings. The molecule has 3 atom stereocenters. The Kier molecular flexibility index (Phi) is 13.1. The Morgan fingerprint density at radius 2 is 1.06 bits per heavy atom. The van der Waals surface area contributed by atoms with E-state index in [-0.39, 0.29) is 6.10 Å². The van der Waals surface area contributed by atoms with Gasteiger partial charge in [0.15, 0.2) is 0 Å². The summed E-state index contributed by atoms with van der Waals surface area (Å²) in [6, 6.07) is 0. The van der Waals surface area contributed by atoms with Crippen LogP contribution in [-0.4, -0.2) is 11.2 Å². The van der Waals surface area contributed by atoms with Crippen LogP contribution in [0.1, 0.15) is 74.1 Å². The van der Waals surface area contributed by atoms with Gasteiger partial charge in [-0.1, -0.05) is 54.4 Å². The average molecular weight is 230 g/mol. The minimum Gasteiger partial charge on any atom is -0.393 e. The molecule has 0 saturated carbocycles. The number of aliphatic hydroxyl groups is 1. The second-order valence-electron chi connectivity index (χ2n) is 5.35. The molecule has 0 radical (unpaired) electrons. The monoisotopic (exact) mass is 230 g/mol. The van der Waals surface area contributed by atoms with Gasteiger partial charge < -0.3 is 5.11 Å². The van der Waals surface area contributed by atoms with Gasteiger partial charge in [0, 0.05) is 0 Å². The first-order chi connectivity index (χ1) is 7.43. The normalized spacial score (nSPS) is 16.3. The summed E-state index contributed by atoms with van der Waals surface area (Å²) in [7, 11) is 0. The lowest BCUT2D eigenvalue weighted by Gasteiger charge is -2.21. The topological polar surface area (TPSA) is 20.2 Å². The zero-order chi connectivity index (χ0) is 13.1. The van der Waals surface area contributed by atoms with Gasteiger partial charge in [0.1, 0.15) is 0 Å². The molecule has 100 valence electrons. The van der Waals surface area contributed by atoms with E-state index in [1.807, 2.05) is 20.8 Å².